The summed E-state index contributed by atoms with van der Waals surface area (Å²) in [6.07, 6.45) is 1.75. The van der Waals surface area contributed by atoms with Crippen LogP contribution in [0, 0.1) is 12.8 Å². The highest BCUT2D eigenvalue weighted by Crippen LogP contribution is 2.21. The lowest BCUT2D eigenvalue weighted by Gasteiger charge is -2.32. The number of rotatable bonds is 2. The summed E-state index contributed by atoms with van der Waals surface area (Å²) in [4.78, 5) is 14.1. The molecule has 6 heteroatoms. The van der Waals surface area contributed by atoms with Crippen molar-refractivity contribution in [3.63, 3.8) is 0 Å². The lowest BCUT2D eigenvalue weighted by molar-refractivity contribution is 0.0701. The zero-order valence-corrected chi connectivity index (χ0v) is 11.1. The van der Waals surface area contributed by atoms with Gasteiger partial charge in [-0.3, -0.25) is 4.79 Å². The SMILES string of the molecule is Cc1cscc1C(=O)N1CCCC(C(N)=NO)C1. The van der Waals surface area contributed by atoms with Crippen LogP contribution in [0.4, 0.5) is 0 Å². The third-order valence-corrected chi connectivity index (χ3v) is 4.19. The monoisotopic (exact) mass is 267 g/mol. The minimum Gasteiger partial charge on any atom is -0.409 e. The Bertz CT molecular complexity index is 470. The van der Waals surface area contributed by atoms with Crippen LogP contribution in [0.3, 0.4) is 0 Å². The Labute approximate surface area is 110 Å². The van der Waals surface area contributed by atoms with Gasteiger partial charge in [0.1, 0.15) is 5.84 Å². The van der Waals surface area contributed by atoms with Crippen molar-refractivity contribution in [1.82, 2.24) is 4.90 Å². The predicted octanol–water partition coefficient (Wildman–Crippen LogP) is 1.66. The number of likely N-dealkylation sites (tertiary alicyclic amines) is 1. The first-order valence-corrected chi connectivity index (χ1v) is 6.87. The van der Waals surface area contributed by atoms with Gasteiger partial charge in [0.2, 0.25) is 0 Å². The fraction of sp³-hybridized carbons (Fsp3) is 0.500. The summed E-state index contributed by atoms with van der Waals surface area (Å²) >= 11 is 1.53. The number of piperidine rings is 1. The van der Waals surface area contributed by atoms with Gasteiger partial charge in [-0.1, -0.05) is 5.16 Å². The van der Waals surface area contributed by atoms with Crippen LogP contribution in [0.5, 0.6) is 0 Å². The van der Waals surface area contributed by atoms with Gasteiger partial charge in [-0.15, -0.1) is 0 Å². The molecule has 0 aliphatic carbocycles. The summed E-state index contributed by atoms with van der Waals surface area (Å²) < 4.78 is 0. The van der Waals surface area contributed by atoms with Crippen LogP contribution in [0.1, 0.15) is 28.8 Å². The maximum atomic E-state index is 12.3. The molecule has 0 spiro atoms. The van der Waals surface area contributed by atoms with E-state index in [2.05, 4.69) is 5.16 Å². The first kappa shape index (κ1) is 12.9. The van der Waals surface area contributed by atoms with Gasteiger partial charge in [0.15, 0.2) is 0 Å². The first-order chi connectivity index (χ1) is 8.63. The van der Waals surface area contributed by atoms with E-state index in [0.29, 0.717) is 6.54 Å². The number of thiophene rings is 1. The van der Waals surface area contributed by atoms with Crippen LogP contribution in [-0.4, -0.2) is 34.9 Å². The van der Waals surface area contributed by atoms with E-state index in [-0.39, 0.29) is 17.7 Å². The second-order valence-corrected chi connectivity index (χ2v) is 5.33. The molecule has 0 bridgehead atoms. The minimum absolute atomic E-state index is 0.0355. The van der Waals surface area contributed by atoms with E-state index >= 15 is 0 Å². The first-order valence-electron chi connectivity index (χ1n) is 5.93. The third kappa shape index (κ3) is 2.48. The van der Waals surface area contributed by atoms with Crippen molar-refractivity contribution in [1.29, 1.82) is 0 Å². The van der Waals surface area contributed by atoms with Crippen molar-refractivity contribution in [2.75, 3.05) is 13.1 Å². The Morgan fingerprint density at radius 3 is 3.00 bits per heavy atom. The number of carbonyl (C=O) groups excluding carboxylic acids is 1. The third-order valence-electron chi connectivity index (χ3n) is 3.33. The van der Waals surface area contributed by atoms with Crippen LogP contribution >= 0.6 is 11.3 Å². The van der Waals surface area contributed by atoms with Crippen molar-refractivity contribution in [3.8, 4) is 0 Å². The molecule has 5 nitrogen and oxygen atoms in total. The van der Waals surface area contributed by atoms with E-state index in [1.165, 1.54) is 11.3 Å². The Balaban J connectivity index is 2.10. The molecule has 18 heavy (non-hydrogen) atoms. The number of nitrogens with zero attached hydrogens (tertiary/aromatic N) is 2. The lowest BCUT2D eigenvalue weighted by atomic mass is 9.96. The van der Waals surface area contributed by atoms with E-state index in [9.17, 15) is 4.79 Å². The van der Waals surface area contributed by atoms with Crippen molar-refractivity contribution >= 4 is 23.1 Å². The number of oxime groups is 1. The molecule has 1 aliphatic heterocycles. The molecular formula is C12H17N3O2S. The zero-order valence-electron chi connectivity index (χ0n) is 10.3. The molecule has 1 saturated heterocycles. The van der Waals surface area contributed by atoms with E-state index in [1.807, 2.05) is 17.7 Å². The number of hydrogen-bond donors (Lipinski definition) is 2. The maximum Gasteiger partial charge on any atom is 0.254 e. The molecule has 1 fully saturated rings. The average Bonchev–Trinajstić information content (AvgIpc) is 2.83. The molecule has 3 N–H and O–H groups in total. The van der Waals surface area contributed by atoms with Gasteiger partial charge >= 0.3 is 0 Å². The zero-order chi connectivity index (χ0) is 13.1. The lowest BCUT2D eigenvalue weighted by Crippen LogP contribution is -2.44. The standard InChI is InChI=1S/C12H17N3O2S/c1-8-6-18-7-10(8)12(16)15-4-2-3-9(5-15)11(13)14-17/h6-7,9,17H,2-5H2,1H3,(H2,13,14). The topological polar surface area (TPSA) is 78.9 Å². The van der Waals surface area contributed by atoms with Gasteiger partial charge in [0, 0.05) is 24.4 Å². The number of amides is 1. The van der Waals surface area contributed by atoms with Gasteiger partial charge in [0.25, 0.3) is 5.91 Å². The number of aryl methyl sites for hydroxylation is 1. The van der Waals surface area contributed by atoms with Gasteiger partial charge in [-0.05, 0) is 30.7 Å². The van der Waals surface area contributed by atoms with Gasteiger partial charge in [0.05, 0.1) is 5.56 Å². The Hall–Kier alpha value is -1.56. The Morgan fingerprint density at radius 2 is 2.39 bits per heavy atom. The summed E-state index contributed by atoms with van der Waals surface area (Å²) in [7, 11) is 0. The minimum atomic E-state index is -0.0355. The second kappa shape index (κ2) is 5.39. The van der Waals surface area contributed by atoms with Gasteiger partial charge in [-0.2, -0.15) is 11.3 Å². The molecule has 0 radical (unpaired) electrons. The molecular weight excluding hydrogens is 250 g/mol. The van der Waals surface area contributed by atoms with Crippen LogP contribution in [0.25, 0.3) is 0 Å². The Morgan fingerprint density at radius 1 is 1.61 bits per heavy atom. The largest absolute Gasteiger partial charge is 0.409 e. The molecule has 2 heterocycles. The second-order valence-electron chi connectivity index (χ2n) is 4.58. The highest BCUT2D eigenvalue weighted by atomic mass is 32.1. The smallest absolute Gasteiger partial charge is 0.254 e. The summed E-state index contributed by atoms with van der Waals surface area (Å²) in [5, 5.41) is 15.6. The highest BCUT2D eigenvalue weighted by Gasteiger charge is 2.27. The van der Waals surface area contributed by atoms with Crippen molar-refractivity contribution < 1.29 is 10.0 Å². The van der Waals surface area contributed by atoms with Crippen LogP contribution in [0.15, 0.2) is 15.9 Å². The maximum absolute atomic E-state index is 12.3. The molecule has 1 atom stereocenters. The molecule has 1 unspecified atom stereocenters. The van der Waals surface area contributed by atoms with E-state index < -0.39 is 0 Å². The Kier molecular flexibility index (Phi) is 3.86. The van der Waals surface area contributed by atoms with Crippen molar-refractivity contribution in [2.45, 2.75) is 19.8 Å². The highest BCUT2D eigenvalue weighted by molar-refractivity contribution is 7.08. The number of amidine groups is 1. The predicted molar refractivity (Wildman–Crippen MR) is 71.1 cm³/mol. The molecule has 1 aliphatic rings. The molecule has 1 amide bonds. The summed E-state index contributed by atoms with van der Waals surface area (Å²) in [5.41, 5.74) is 7.40. The molecule has 0 aromatic carbocycles. The number of nitrogens with two attached hydrogens (primary N) is 1. The van der Waals surface area contributed by atoms with Crippen LogP contribution in [-0.2, 0) is 0 Å². The molecule has 1 aromatic rings. The van der Waals surface area contributed by atoms with Crippen LogP contribution < -0.4 is 5.73 Å². The summed E-state index contributed by atoms with van der Waals surface area (Å²) in [5.74, 6) is 0.227. The van der Waals surface area contributed by atoms with Gasteiger partial charge in [-0.25, -0.2) is 0 Å². The molecule has 0 saturated carbocycles. The van der Waals surface area contributed by atoms with Crippen molar-refractivity contribution in [3.05, 3.63) is 21.9 Å². The quantitative estimate of drug-likeness (QED) is 0.370. The fourth-order valence-electron chi connectivity index (χ4n) is 2.23. The average molecular weight is 267 g/mol. The van der Waals surface area contributed by atoms with E-state index in [0.717, 1.165) is 30.5 Å². The van der Waals surface area contributed by atoms with Crippen molar-refractivity contribution in [2.24, 2.45) is 16.8 Å². The summed E-state index contributed by atoms with van der Waals surface area (Å²) in [6, 6.07) is 0. The van der Waals surface area contributed by atoms with E-state index in [4.69, 9.17) is 10.9 Å². The van der Waals surface area contributed by atoms with E-state index in [1.54, 1.807) is 4.90 Å². The number of carbonyl (C=O) groups is 1. The molecule has 1 aromatic heterocycles. The molecule has 2 rings (SSSR count). The number of hydrogen-bond acceptors (Lipinski definition) is 4. The normalized spacial score (nSPS) is 21.1. The summed E-state index contributed by atoms with van der Waals surface area (Å²) in [6.45, 7) is 3.21. The van der Waals surface area contributed by atoms with Crippen LogP contribution in [0.2, 0.25) is 0 Å². The molecule has 98 valence electrons. The van der Waals surface area contributed by atoms with Gasteiger partial charge < -0.3 is 15.8 Å². The fourth-order valence-corrected chi connectivity index (χ4v) is 3.06.